The highest BCUT2D eigenvalue weighted by molar-refractivity contribution is 5.89. The van der Waals surface area contributed by atoms with Crippen molar-refractivity contribution in [2.24, 2.45) is 5.92 Å². The van der Waals surface area contributed by atoms with Crippen LogP contribution in [0.25, 0.3) is 6.08 Å². The molecule has 0 unspecified atom stereocenters. The Morgan fingerprint density at radius 1 is 1.24 bits per heavy atom. The molecular weight excluding hydrogens is 316 g/mol. The zero-order valence-electron chi connectivity index (χ0n) is 14.8. The Balaban J connectivity index is 1.77. The highest BCUT2D eigenvalue weighted by Crippen LogP contribution is 2.26. The van der Waals surface area contributed by atoms with Crippen LogP contribution in [-0.2, 0) is 14.3 Å². The second-order valence-corrected chi connectivity index (χ2v) is 6.59. The topological polar surface area (TPSA) is 70.4 Å². The first kappa shape index (κ1) is 18.7. The fourth-order valence-electron chi connectivity index (χ4n) is 2.95. The van der Waals surface area contributed by atoms with Crippen molar-refractivity contribution < 1.29 is 14.3 Å². The summed E-state index contributed by atoms with van der Waals surface area (Å²) >= 11 is 0. The van der Waals surface area contributed by atoms with E-state index in [9.17, 15) is 9.59 Å². The number of esters is 1. The van der Waals surface area contributed by atoms with Gasteiger partial charge in [0.1, 0.15) is 0 Å². The smallest absolute Gasteiger partial charge is 0.331 e. The van der Waals surface area contributed by atoms with Gasteiger partial charge in [0.05, 0.1) is 11.6 Å². The molecule has 0 bridgehead atoms. The first-order valence-corrected chi connectivity index (χ1v) is 8.60. The Hall–Kier alpha value is -2.61. The summed E-state index contributed by atoms with van der Waals surface area (Å²) in [4.78, 5) is 25.6. The minimum atomic E-state index is -0.552. The number of carbonyl (C=O) groups is 2. The quantitative estimate of drug-likeness (QED) is 0.610. The fourth-order valence-corrected chi connectivity index (χ4v) is 2.95. The Labute approximate surface area is 148 Å². The van der Waals surface area contributed by atoms with Gasteiger partial charge in [-0.05, 0) is 55.4 Å². The van der Waals surface area contributed by atoms with Crippen LogP contribution in [0.4, 0.5) is 0 Å². The summed E-state index contributed by atoms with van der Waals surface area (Å²) in [5, 5.41) is 8.74. The predicted octanol–water partition coefficient (Wildman–Crippen LogP) is 3.15. The van der Waals surface area contributed by atoms with Crippen molar-refractivity contribution in [2.75, 3.05) is 13.7 Å². The average molecular weight is 340 g/mol. The lowest BCUT2D eigenvalue weighted by Crippen LogP contribution is -2.41. The van der Waals surface area contributed by atoms with Gasteiger partial charge in [-0.15, -0.1) is 0 Å². The van der Waals surface area contributed by atoms with Crippen LogP contribution >= 0.6 is 0 Å². The van der Waals surface area contributed by atoms with Gasteiger partial charge in [-0.1, -0.05) is 19.1 Å². The normalized spacial score (nSPS) is 20.0. The lowest BCUT2D eigenvalue weighted by atomic mass is 9.87. The maximum Gasteiger partial charge on any atom is 0.331 e. The van der Waals surface area contributed by atoms with Gasteiger partial charge < -0.3 is 9.64 Å². The Kier molecular flexibility index (Phi) is 6.76. The molecule has 0 aliphatic heterocycles. The third-order valence-corrected chi connectivity index (χ3v) is 4.72. The van der Waals surface area contributed by atoms with Crippen molar-refractivity contribution in [3.8, 4) is 6.07 Å². The molecule has 1 aliphatic carbocycles. The molecule has 1 amide bonds. The molecule has 1 saturated carbocycles. The van der Waals surface area contributed by atoms with Crippen LogP contribution in [0.1, 0.15) is 43.7 Å². The van der Waals surface area contributed by atoms with Crippen molar-refractivity contribution >= 4 is 18.0 Å². The molecule has 0 spiro atoms. The largest absolute Gasteiger partial charge is 0.452 e. The van der Waals surface area contributed by atoms with E-state index >= 15 is 0 Å². The Bertz CT molecular complexity index is 665. The lowest BCUT2D eigenvalue weighted by molar-refractivity contribution is -0.148. The van der Waals surface area contributed by atoms with E-state index in [1.54, 1.807) is 42.3 Å². The summed E-state index contributed by atoms with van der Waals surface area (Å²) in [5.74, 6) is 0.00740. The number of hydrogen-bond donors (Lipinski definition) is 0. The van der Waals surface area contributed by atoms with Crippen LogP contribution in [0.5, 0.6) is 0 Å². The molecule has 0 atom stereocenters. The van der Waals surface area contributed by atoms with Crippen LogP contribution in [-0.4, -0.2) is 36.5 Å². The fraction of sp³-hybridized carbons (Fsp3) is 0.450. The standard InChI is InChI=1S/C20H24N2O3/c1-15-3-10-18(11-4-15)22(2)19(23)14-25-20(24)12-9-16-5-7-17(13-21)8-6-16/h5-9,12,15,18H,3-4,10-11,14H2,1-2H3/b12-9+. The molecule has 25 heavy (non-hydrogen) atoms. The maximum absolute atomic E-state index is 12.2. The maximum atomic E-state index is 12.2. The van der Waals surface area contributed by atoms with Crippen LogP contribution in [0.3, 0.4) is 0 Å². The van der Waals surface area contributed by atoms with Gasteiger partial charge >= 0.3 is 5.97 Å². The molecule has 0 radical (unpaired) electrons. The molecule has 132 valence electrons. The summed E-state index contributed by atoms with van der Waals surface area (Å²) in [6.07, 6.45) is 7.17. The molecule has 5 nitrogen and oxygen atoms in total. The molecule has 1 aromatic carbocycles. The molecule has 2 rings (SSSR count). The molecule has 0 N–H and O–H groups in total. The number of amides is 1. The monoisotopic (exact) mass is 340 g/mol. The second-order valence-electron chi connectivity index (χ2n) is 6.59. The number of ether oxygens (including phenoxy) is 1. The predicted molar refractivity (Wildman–Crippen MR) is 95.3 cm³/mol. The number of carbonyl (C=O) groups excluding carboxylic acids is 2. The van der Waals surface area contributed by atoms with Crippen molar-refractivity contribution in [2.45, 2.75) is 38.6 Å². The van der Waals surface area contributed by atoms with Gasteiger partial charge in [0.25, 0.3) is 5.91 Å². The van der Waals surface area contributed by atoms with Crippen LogP contribution in [0.2, 0.25) is 0 Å². The van der Waals surface area contributed by atoms with E-state index in [-0.39, 0.29) is 18.6 Å². The van der Waals surface area contributed by atoms with Crippen molar-refractivity contribution in [3.05, 3.63) is 41.5 Å². The third-order valence-electron chi connectivity index (χ3n) is 4.72. The van der Waals surface area contributed by atoms with Gasteiger partial charge in [0, 0.05) is 19.2 Å². The van der Waals surface area contributed by atoms with Crippen molar-refractivity contribution in [3.63, 3.8) is 0 Å². The highest BCUT2D eigenvalue weighted by Gasteiger charge is 2.25. The van der Waals surface area contributed by atoms with Crippen LogP contribution < -0.4 is 0 Å². The molecule has 0 aromatic heterocycles. The van der Waals surface area contributed by atoms with Gasteiger partial charge in [-0.3, -0.25) is 4.79 Å². The van der Waals surface area contributed by atoms with E-state index in [2.05, 4.69) is 6.92 Å². The Morgan fingerprint density at radius 2 is 1.88 bits per heavy atom. The third kappa shape index (κ3) is 5.75. The summed E-state index contributed by atoms with van der Waals surface area (Å²) in [6, 6.07) is 9.11. The second kappa shape index (κ2) is 9.03. The first-order valence-electron chi connectivity index (χ1n) is 8.60. The summed E-state index contributed by atoms with van der Waals surface area (Å²) in [7, 11) is 1.78. The van der Waals surface area contributed by atoms with Crippen LogP contribution in [0.15, 0.2) is 30.3 Å². The SMILES string of the molecule is CC1CCC(N(C)C(=O)COC(=O)/C=C/c2ccc(C#N)cc2)CC1. The summed E-state index contributed by atoms with van der Waals surface area (Å²) < 4.78 is 5.03. The molecule has 1 aliphatic rings. The van der Waals surface area contributed by atoms with Gasteiger partial charge in [-0.2, -0.15) is 5.26 Å². The number of nitriles is 1. The average Bonchev–Trinajstić information content (AvgIpc) is 2.64. The molecule has 0 heterocycles. The van der Waals surface area contributed by atoms with E-state index in [0.717, 1.165) is 37.2 Å². The van der Waals surface area contributed by atoms with Crippen molar-refractivity contribution in [1.82, 2.24) is 4.90 Å². The van der Waals surface area contributed by atoms with E-state index in [1.807, 2.05) is 6.07 Å². The number of hydrogen-bond acceptors (Lipinski definition) is 4. The van der Waals surface area contributed by atoms with E-state index in [1.165, 1.54) is 6.08 Å². The summed E-state index contributed by atoms with van der Waals surface area (Å²) in [6.45, 7) is 2.00. The van der Waals surface area contributed by atoms with Crippen molar-refractivity contribution in [1.29, 1.82) is 5.26 Å². The van der Waals surface area contributed by atoms with Crippen LogP contribution in [0, 0.1) is 17.2 Å². The van der Waals surface area contributed by atoms with E-state index < -0.39 is 5.97 Å². The number of benzene rings is 1. The number of rotatable bonds is 5. The minimum absolute atomic E-state index is 0.167. The molecule has 0 saturated heterocycles. The highest BCUT2D eigenvalue weighted by atomic mass is 16.5. The zero-order chi connectivity index (χ0) is 18.2. The van der Waals surface area contributed by atoms with E-state index in [4.69, 9.17) is 10.00 Å². The number of likely N-dealkylation sites (N-methyl/N-ethyl adjacent to an activating group) is 1. The molecule has 5 heteroatoms. The van der Waals surface area contributed by atoms with Gasteiger partial charge in [0.15, 0.2) is 6.61 Å². The Morgan fingerprint density at radius 3 is 2.48 bits per heavy atom. The molecule has 1 fully saturated rings. The zero-order valence-corrected chi connectivity index (χ0v) is 14.8. The van der Waals surface area contributed by atoms with Gasteiger partial charge in [-0.25, -0.2) is 4.79 Å². The number of nitrogens with zero attached hydrogens (tertiary/aromatic N) is 2. The van der Waals surface area contributed by atoms with Gasteiger partial charge in [0.2, 0.25) is 0 Å². The molecule has 1 aromatic rings. The minimum Gasteiger partial charge on any atom is -0.452 e. The van der Waals surface area contributed by atoms with E-state index in [0.29, 0.717) is 5.56 Å². The lowest BCUT2D eigenvalue weighted by Gasteiger charge is -2.33. The molecular formula is C20H24N2O3. The summed E-state index contributed by atoms with van der Waals surface area (Å²) in [5.41, 5.74) is 1.35. The first-order chi connectivity index (χ1) is 12.0.